The molecule has 2 rings (SSSR count). The van der Waals surface area contributed by atoms with Crippen molar-refractivity contribution in [2.75, 3.05) is 6.54 Å². The summed E-state index contributed by atoms with van der Waals surface area (Å²) >= 11 is 0. The van der Waals surface area contributed by atoms with Crippen LogP contribution in [0.4, 0.5) is 0 Å². The van der Waals surface area contributed by atoms with E-state index >= 15 is 0 Å². The Balaban J connectivity index is 0.000000151. The molecular formula is C12H18N2O. The third kappa shape index (κ3) is 6.55. The van der Waals surface area contributed by atoms with Crippen LogP contribution >= 0.6 is 0 Å². The van der Waals surface area contributed by atoms with Crippen LogP contribution in [-0.4, -0.2) is 12.5 Å². The van der Waals surface area contributed by atoms with Gasteiger partial charge in [-0.05, 0) is 25.0 Å². The maximum atomic E-state index is 10.6. The van der Waals surface area contributed by atoms with E-state index in [-0.39, 0.29) is 5.91 Å². The van der Waals surface area contributed by atoms with Crippen molar-refractivity contribution in [2.24, 2.45) is 0 Å². The second kappa shape index (κ2) is 7.85. The standard InChI is InChI=1S/C6H11NO.C6H7N/c8-6-4-2-1-3-5-7-6;1-2-4-6-7-5-3-1/h1-5H2,(H,7,8);1-7H. The highest BCUT2D eigenvalue weighted by Crippen LogP contribution is 2.02. The second-order valence-electron chi connectivity index (χ2n) is 3.43. The lowest BCUT2D eigenvalue weighted by Gasteiger charge is -1.93. The SMILES string of the molecule is C1=CC=CNC=C1.O=C1CCCCCN1. The van der Waals surface area contributed by atoms with Gasteiger partial charge in [0.25, 0.3) is 0 Å². The summed E-state index contributed by atoms with van der Waals surface area (Å²) in [6.07, 6.45) is 15.8. The predicted molar refractivity (Wildman–Crippen MR) is 62.0 cm³/mol. The van der Waals surface area contributed by atoms with Gasteiger partial charge < -0.3 is 10.6 Å². The minimum Gasteiger partial charge on any atom is -0.368 e. The molecule has 2 aliphatic rings. The number of amides is 1. The van der Waals surface area contributed by atoms with Crippen LogP contribution in [0.15, 0.2) is 36.7 Å². The first-order valence-corrected chi connectivity index (χ1v) is 5.41. The molecule has 0 aromatic rings. The van der Waals surface area contributed by atoms with Crippen LogP contribution in [0, 0.1) is 0 Å². The molecule has 1 amide bonds. The molecule has 0 bridgehead atoms. The van der Waals surface area contributed by atoms with Crippen molar-refractivity contribution in [3.8, 4) is 0 Å². The van der Waals surface area contributed by atoms with Gasteiger partial charge in [-0.1, -0.05) is 18.6 Å². The molecule has 1 fully saturated rings. The van der Waals surface area contributed by atoms with Gasteiger partial charge in [0.05, 0.1) is 0 Å². The molecule has 0 aromatic carbocycles. The highest BCUT2D eigenvalue weighted by atomic mass is 16.1. The van der Waals surface area contributed by atoms with E-state index < -0.39 is 0 Å². The molecule has 2 heterocycles. The van der Waals surface area contributed by atoms with E-state index in [2.05, 4.69) is 10.6 Å². The molecule has 2 N–H and O–H groups in total. The fraction of sp³-hybridized carbons (Fsp3) is 0.417. The van der Waals surface area contributed by atoms with Crippen LogP contribution < -0.4 is 10.6 Å². The summed E-state index contributed by atoms with van der Waals surface area (Å²) < 4.78 is 0. The Hall–Kier alpha value is -1.51. The molecule has 15 heavy (non-hydrogen) atoms. The first-order valence-electron chi connectivity index (χ1n) is 5.41. The average molecular weight is 206 g/mol. The van der Waals surface area contributed by atoms with E-state index in [0.29, 0.717) is 0 Å². The van der Waals surface area contributed by atoms with E-state index in [1.165, 1.54) is 6.42 Å². The minimum absolute atomic E-state index is 0.225. The van der Waals surface area contributed by atoms with Crippen molar-refractivity contribution in [3.63, 3.8) is 0 Å². The molecule has 0 aromatic heterocycles. The summed E-state index contributed by atoms with van der Waals surface area (Å²) in [6.45, 7) is 0.888. The predicted octanol–water partition coefficient (Wildman–Crippen LogP) is 1.85. The van der Waals surface area contributed by atoms with Crippen molar-refractivity contribution in [1.82, 2.24) is 10.6 Å². The number of hydrogen-bond donors (Lipinski definition) is 2. The molecule has 82 valence electrons. The van der Waals surface area contributed by atoms with Crippen LogP contribution in [0.1, 0.15) is 25.7 Å². The van der Waals surface area contributed by atoms with Gasteiger partial charge in [0.2, 0.25) is 5.91 Å². The van der Waals surface area contributed by atoms with Gasteiger partial charge in [0.15, 0.2) is 0 Å². The number of rotatable bonds is 0. The third-order valence-electron chi connectivity index (χ3n) is 2.12. The highest BCUT2D eigenvalue weighted by Gasteiger charge is 2.03. The van der Waals surface area contributed by atoms with Gasteiger partial charge in [-0.2, -0.15) is 0 Å². The Bertz CT molecular complexity index is 243. The van der Waals surface area contributed by atoms with E-state index in [0.717, 1.165) is 25.8 Å². The normalized spacial score (nSPS) is 19.1. The quantitative estimate of drug-likeness (QED) is 0.635. The van der Waals surface area contributed by atoms with Gasteiger partial charge in [-0.25, -0.2) is 0 Å². The van der Waals surface area contributed by atoms with Crippen LogP contribution in [0.2, 0.25) is 0 Å². The average Bonchev–Trinajstić information content (AvgIpc) is 2.64. The lowest BCUT2D eigenvalue weighted by molar-refractivity contribution is -0.120. The Morgan fingerprint density at radius 1 is 0.933 bits per heavy atom. The molecule has 0 saturated carbocycles. The molecular weight excluding hydrogens is 188 g/mol. The molecule has 0 spiro atoms. The lowest BCUT2D eigenvalue weighted by Crippen LogP contribution is -2.21. The number of carbonyl (C=O) groups excluding carboxylic acids is 1. The molecule has 3 nitrogen and oxygen atoms in total. The largest absolute Gasteiger partial charge is 0.368 e. The maximum Gasteiger partial charge on any atom is 0.219 e. The molecule has 3 heteroatoms. The molecule has 0 aliphatic carbocycles. The zero-order valence-electron chi connectivity index (χ0n) is 8.91. The first kappa shape index (κ1) is 11.6. The summed E-state index contributed by atoms with van der Waals surface area (Å²) in [5, 5.41) is 5.73. The molecule has 2 aliphatic heterocycles. The van der Waals surface area contributed by atoms with Crippen LogP contribution in [0.5, 0.6) is 0 Å². The van der Waals surface area contributed by atoms with Crippen molar-refractivity contribution in [3.05, 3.63) is 36.7 Å². The smallest absolute Gasteiger partial charge is 0.219 e. The highest BCUT2D eigenvalue weighted by molar-refractivity contribution is 5.75. The Kier molecular flexibility index (Phi) is 6.05. The number of allylic oxidation sites excluding steroid dienone is 4. The van der Waals surface area contributed by atoms with Gasteiger partial charge in [-0.15, -0.1) is 0 Å². The van der Waals surface area contributed by atoms with E-state index in [1.807, 2.05) is 36.7 Å². The van der Waals surface area contributed by atoms with E-state index in [1.54, 1.807) is 0 Å². The third-order valence-corrected chi connectivity index (χ3v) is 2.12. The molecule has 0 atom stereocenters. The van der Waals surface area contributed by atoms with Crippen molar-refractivity contribution >= 4 is 5.91 Å². The summed E-state index contributed by atoms with van der Waals surface area (Å²) in [4.78, 5) is 10.6. The topological polar surface area (TPSA) is 41.1 Å². The van der Waals surface area contributed by atoms with Crippen LogP contribution in [-0.2, 0) is 4.79 Å². The van der Waals surface area contributed by atoms with Gasteiger partial charge in [0.1, 0.15) is 0 Å². The first-order chi connectivity index (χ1) is 7.39. The monoisotopic (exact) mass is 206 g/mol. The van der Waals surface area contributed by atoms with Crippen molar-refractivity contribution < 1.29 is 4.79 Å². The summed E-state index contributed by atoms with van der Waals surface area (Å²) in [6, 6.07) is 0. The summed E-state index contributed by atoms with van der Waals surface area (Å²) in [7, 11) is 0. The zero-order valence-corrected chi connectivity index (χ0v) is 8.91. The van der Waals surface area contributed by atoms with E-state index in [9.17, 15) is 4.79 Å². The zero-order chi connectivity index (χ0) is 10.8. The Morgan fingerprint density at radius 3 is 2.40 bits per heavy atom. The fourth-order valence-electron chi connectivity index (χ4n) is 1.31. The van der Waals surface area contributed by atoms with Crippen molar-refractivity contribution in [2.45, 2.75) is 25.7 Å². The summed E-state index contributed by atoms with van der Waals surface area (Å²) in [5.41, 5.74) is 0. The number of nitrogens with one attached hydrogen (secondary N) is 2. The van der Waals surface area contributed by atoms with Crippen LogP contribution in [0.3, 0.4) is 0 Å². The maximum absolute atomic E-state index is 10.6. The fourth-order valence-corrected chi connectivity index (χ4v) is 1.31. The van der Waals surface area contributed by atoms with Gasteiger partial charge in [-0.3, -0.25) is 4.79 Å². The molecule has 0 unspecified atom stereocenters. The Morgan fingerprint density at radius 2 is 1.67 bits per heavy atom. The van der Waals surface area contributed by atoms with Crippen LogP contribution in [0.25, 0.3) is 0 Å². The van der Waals surface area contributed by atoms with Crippen molar-refractivity contribution in [1.29, 1.82) is 0 Å². The lowest BCUT2D eigenvalue weighted by atomic mass is 10.2. The minimum atomic E-state index is 0.225. The van der Waals surface area contributed by atoms with Gasteiger partial charge in [0, 0.05) is 25.4 Å². The van der Waals surface area contributed by atoms with E-state index in [4.69, 9.17) is 0 Å². The number of carbonyl (C=O) groups is 1. The van der Waals surface area contributed by atoms with Gasteiger partial charge >= 0.3 is 0 Å². The number of hydrogen-bond acceptors (Lipinski definition) is 2. The Labute approximate surface area is 90.9 Å². The molecule has 0 radical (unpaired) electrons. The summed E-state index contributed by atoms with van der Waals surface area (Å²) in [5.74, 6) is 0.225. The second-order valence-corrected chi connectivity index (χ2v) is 3.43. The molecule has 1 saturated heterocycles.